The average Bonchev–Trinajstić information content (AvgIpc) is 2.53. The van der Waals surface area contributed by atoms with Crippen molar-refractivity contribution in [3.63, 3.8) is 0 Å². The van der Waals surface area contributed by atoms with Gasteiger partial charge < -0.3 is 4.74 Å². The molecule has 0 aliphatic carbocycles. The second-order valence-electron chi connectivity index (χ2n) is 4.09. The Hall–Kier alpha value is -1.65. The van der Waals surface area contributed by atoms with Crippen LogP contribution in [0, 0.1) is 0 Å². The van der Waals surface area contributed by atoms with E-state index in [0.29, 0.717) is 4.20 Å². The van der Waals surface area contributed by atoms with Crippen molar-refractivity contribution < 1.29 is 9.53 Å². The molecule has 2 aromatic carbocycles. The zero-order valence-corrected chi connectivity index (χ0v) is 12.6. The molecule has 4 heteroatoms. The predicted octanol–water partition coefficient (Wildman–Crippen LogP) is 4.01. The first-order valence-corrected chi connectivity index (χ1v) is 7.40. The monoisotopic (exact) mass is 302 g/mol. The maximum atomic E-state index is 12.0. The van der Waals surface area contributed by atoms with Crippen molar-refractivity contribution in [3.05, 3.63) is 71.8 Å². The summed E-state index contributed by atoms with van der Waals surface area (Å²) in [5, 5.41) is -0.436. The van der Waals surface area contributed by atoms with Crippen LogP contribution in [0.3, 0.4) is 0 Å². The number of hydrogen-bond acceptors (Lipinski definition) is 4. The molecule has 2 nitrogen and oxygen atoms in total. The van der Waals surface area contributed by atoms with E-state index in [9.17, 15) is 4.79 Å². The SMILES string of the molecule is COC(=O)[C@@H](SC(=S)c1ccccc1)c1ccccc1. The normalized spacial score (nSPS) is 11.7. The number of benzene rings is 2. The number of rotatable bonds is 4. The number of carbonyl (C=O) groups excluding carboxylic acids is 1. The van der Waals surface area contributed by atoms with E-state index in [1.165, 1.54) is 18.9 Å². The number of ether oxygens (including phenoxy) is 1. The van der Waals surface area contributed by atoms with Crippen LogP contribution in [-0.4, -0.2) is 17.3 Å². The van der Waals surface area contributed by atoms with Gasteiger partial charge in [0.05, 0.1) is 11.3 Å². The fourth-order valence-corrected chi connectivity index (χ4v) is 3.13. The Bertz CT molecular complexity index is 582. The second kappa shape index (κ2) is 7.22. The number of hydrogen-bond donors (Lipinski definition) is 0. The molecule has 0 aliphatic rings. The molecule has 0 saturated heterocycles. The fourth-order valence-electron chi connectivity index (χ4n) is 1.74. The third-order valence-electron chi connectivity index (χ3n) is 2.75. The van der Waals surface area contributed by atoms with Gasteiger partial charge in [0, 0.05) is 0 Å². The van der Waals surface area contributed by atoms with Gasteiger partial charge in [-0.25, -0.2) is 0 Å². The first-order chi connectivity index (χ1) is 9.72. The molecule has 2 aromatic rings. The van der Waals surface area contributed by atoms with E-state index >= 15 is 0 Å². The average molecular weight is 302 g/mol. The molecule has 0 radical (unpaired) electrons. The Morgan fingerprint density at radius 2 is 1.60 bits per heavy atom. The van der Waals surface area contributed by atoms with Crippen molar-refractivity contribution in [3.8, 4) is 0 Å². The topological polar surface area (TPSA) is 26.3 Å². The van der Waals surface area contributed by atoms with Crippen LogP contribution >= 0.6 is 24.0 Å². The number of thioether (sulfide) groups is 1. The Balaban J connectivity index is 2.21. The molecule has 0 fully saturated rings. The van der Waals surface area contributed by atoms with Gasteiger partial charge in [0.25, 0.3) is 0 Å². The van der Waals surface area contributed by atoms with E-state index in [1.54, 1.807) is 0 Å². The minimum atomic E-state index is -0.436. The van der Waals surface area contributed by atoms with Crippen LogP contribution in [0.5, 0.6) is 0 Å². The lowest BCUT2D eigenvalue weighted by Crippen LogP contribution is -2.13. The molecular formula is C16H14O2S2. The largest absolute Gasteiger partial charge is 0.468 e. The molecule has 1 atom stereocenters. The summed E-state index contributed by atoms with van der Waals surface area (Å²) in [5.41, 5.74) is 1.83. The van der Waals surface area contributed by atoms with Gasteiger partial charge in [0.15, 0.2) is 0 Å². The Morgan fingerprint density at radius 3 is 2.15 bits per heavy atom. The van der Waals surface area contributed by atoms with Crippen LogP contribution in [0.4, 0.5) is 0 Å². The van der Waals surface area contributed by atoms with Gasteiger partial charge in [-0.3, -0.25) is 4.79 Å². The van der Waals surface area contributed by atoms with Gasteiger partial charge in [-0.15, -0.1) is 0 Å². The minimum absolute atomic E-state index is 0.292. The smallest absolute Gasteiger partial charge is 0.323 e. The summed E-state index contributed by atoms with van der Waals surface area (Å²) in [6, 6.07) is 19.2. The Kier molecular flexibility index (Phi) is 5.32. The molecule has 2 rings (SSSR count). The molecule has 0 bridgehead atoms. The van der Waals surface area contributed by atoms with Crippen LogP contribution < -0.4 is 0 Å². The zero-order valence-electron chi connectivity index (χ0n) is 11.0. The summed E-state index contributed by atoms with van der Waals surface area (Å²) < 4.78 is 5.57. The molecule has 0 N–H and O–H groups in total. The van der Waals surface area contributed by atoms with Crippen molar-refractivity contribution in [2.45, 2.75) is 5.25 Å². The molecule has 0 unspecified atom stereocenters. The third kappa shape index (κ3) is 3.68. The maximum absolute atomic E-state index is 12.0. The molecule has 0 spiro atoms. The first-order valence-electron chi connectivity index (χ1n) is 6.11. The summed E-state index contributed by atoms with van der Waals surface area (Å²) in [7, 11) is 1.39. The highest BCUT2D eigenvalue weighted by molar-refractivity contribution is 8.24. The third-order valence-corrected chi connectivity index (χ3v) is 4.43. The zero-order chi connectivity index (χ0) is 14.4. The molecule has 0 saturated carbocycles. The van der Waals surface area contributed by atoms with Crippen LogP contribution in [0.25, 0.3) is 0 Å². The lowest BCUT2D eigenvalue weighted by atomic mass is 10.1. The van der Waals surface area contributed by atoms with Crippen molar-refractivity contribution in [1.82, 2.24) is 0 Å². The van der Waals surface area contributed by atoms with E-state index in [1.807, 2.05) is 60.7 Å². The number of carbonyl (C=O) groups is 1. The standard InChI is InChI=1S/C16H14O2S2/c1-18-15(17)14(12-8-4-2-5-9-12)20-16(19)13-10-6-3-7-11-13/h2-11,14H,1H3/t14-/m0/s1. The van der Waals surface area contributed by atoms with Gasteiger partial charge in [-0.1, -0.05) is 84.6 Å². The molecule has 20 heavy (non-hydrogen) atoms. The van der Waals surface area contributed by atoms with Crippen LogP contribution in [-0.2, 0) is 9.53 Å². The fraction of sp³-hybridized carbons (Fsp3) is 0.125. The van der Waals surface area contributed by atoms with Crippen molar-refractivity contribution in [1.29, 1.82) is 0 Å². The molecule has 0 heterocycles. The quantitative estimate of drug-likeness (QED) is 0.630. The van der Waals surface area contributed by atoms with E-state index < -0.39 is 5.25 Å². The number of methoxy groups -OCH3 is 1. The van der Waals surface area contributed by atoms with Crippen molar-refractivity contribution >= 4 is 34.1 Å². The molecule has 102 valence electrons. The summed E-state index contributed by atoms with van der Waals surface area (Å²) in [5.74, 6) is -0.292. The van der Waals surface area contributed by atoms with Gasteiger partial charge >= 0.3 is 5.97 Å². The molecule has 0 aromatic heterocycles. The Labute approximate surface area is 128 Å². The molecule has 0 amide bonds. The van der Waals surface area contributed by atoms with E-state index in [0.717, 1.165) is 11.1 Å². The molecule has 0 aliphatic heterocycles. The highest BCUT2D eigenvalue weighted by atomic mass is 32.2. The van der Waals surface area contributed by atoms with Gasteiger partial charge in [-0.2, -0.15) is 0 Å². The summed E-state index contributed by atoms with van der Waals surface area (Å²) in [4.78, 5) is 12.0. The lowest BCUT2D eigenvalue weighted by Gasteiger charge is -2.15. The highest BCUT2D eigenvalue weighted by Crippen LogP contribution is 2.33. The predicted molar refractivity (Wildman–Crippen MR) is 86.9 cm³/mol. The van der Waals surface area contributed by atoms with Crippen LogP contribution in [0.15, 0.2) is 60.7 Å². The van der Waals surface area contributed by atoms with Crippen LogP contribution in [0.1, 0.15) is 16.4 Å². The van der Waals surface area contributed by atoms with E-state index in [4.69, 9.17) is 17.0 Å². The highest BCUT2D eigenvalue weighted by Gasteiger charge is 2.24. The summed E-state index contributed by atoms with van der Waals surface area (Å²) in [6.07, 6.45) is 0. The first kappa shape index (κ1) is 14.8. The van der Waals surface area contributed by atoms with Gasteiger partial charge in [0.1, 0.15) is 5.25 Å². The van der Waals surface area contributed by atoms with Gasteiger partial charge in [0.2, 0.25) is 0 Å². The maximum Gasteiger partial charge on any atom is 0.323 e. The Morgan fingerprint density at radius 1 is 1.05 bits per heavy atom. The van der Waals surface area contributed by atoms with Crippen molar-refractivity contribution in [2.24, 2.45) is 0 Å². The van der Waals surface area contributed by atoms with Gasteiger partial charge in [-0.05, 0) is 11.1 Å². The van der Waals surface area contributed by atoms with E-state index in [-0.39, 0.29) is 5.97 Å². The van der Waals surface area contributed by atoms with Crippen molar-refractivity contribution in [2.75, 3.05) is 7.11 Å². The lowest BCUT2D eigenvalue weighted by molar-refractivity contribution is -0.140. The second-order valence-corrected chi connectivity index (χ2v) is 5.87. The van der Waals surface area contributed by atoms with Crippen LogP contribution in [0.2, 0.25) is 0 Å². The summed E-state index contributed by atoms with van der Waals surface area (Å²) in [6.45, 7) is 0. The number of esters is 1. The molecular weight excluding hydrogens is 288 g/mol. The van der Waals surface area contributed by atoms with E-state index in [2.05, 4.69) is 0 Å². The summed E-state index contributed by atoms with van der Waals surface area (Å²) >= 11 is 6.76. The number of thiocarbonyl (C=S) groups is 1. The minimum Gasteiger partial charge on any atom is -0.468 e.